The molecule has 0 aliphatic carbocycles. The summed E-state index contributed by atoms with van der Waals surface area (Å²) in [5, 5.41) is 3.84. The number of nitrogens with one attached hydrogen (secondary N) is 1. The van der Waals surface area contributed by atoms with Gasteiger partial charge in [0.15, 0.2) is 10.6 Å². The van der Waals surface area contributed by atoms with Crippen LogP contribution in [0.5, 0.6) is 0 Å². The molecule has 0 radical (unpaired) electrons. The van der Waals surface area contributed by atoms with Crippen LogP contribution in [0.15, 0.2) is 22.7 Å². The van der Waals surface area contributed by atoms with Crippen molar-refractivity contribution in [1.82, 2.24) is 14.7 Å². The van der Waals surface area contributed by atoms with Crippen LogP contribution in [0.3, 0.4) is 0 Å². The Hall–Kier alpha value is -2.02. The number of aromatic amines is 1. The lowest BCUT2D eigenvalue weighted by Crippen LogP contribution is -2.00. The predicted octanol–water partition coefficient (Wildman–Crippen LogP) is 3.32. The van der Waals surface area contributed by atoms with Gasteiger partial charge in [-0.2, -0.15) is 0 Å². The van der Waals surface area contributed by atoms with Gasteiger partial charge in [0.05, 0.1) is 12.1 Å². The maximum absolute atomic E-state index is 13.6. The number of aryl methyl sites for hydroxylation is 1. The third-order valence-electron chi connectivity index (χ3n) is 2.80. The van der Waals surface area contributed by atoms with Crippen molar-refractivity contribution in [1.29, 1.82) is 0 Å². The van der Waals surface area contributed by atoms with E-state index in [1.807, 2.05) is 0 Å². The molecular weight excluding hydrogens is 272 g/mol. The summed E-state index contributed by atoms with van der Waals surface area (Å²) in [4.78, 5) is 2.73. The molecule has 19 heavy (non-hydrogen) atoms. The monoisotopic (exact) mass is 281 g/mol. The van der Waals surface area contributed by atoms with Crippen molar-refractivity contribution in [3.05, 3.63) is 46.1 Å². The molecule has 7 heteroatoms. The quantitative estimate of drug-likeness (QED) is 0.733. The van der Waals surface area contributed by atoms with Crippen molar-refractivity contribution in [2.75, 3.05) is 0 Å². The van der Waals surface area contributed by atoms with Crippen LogP contribution < -0.4 is 0 Å². The standard InChI is InChI=1S/C12H9F2N3OS/c1-6-2-8(16-18-6)5-17-10-4-7(13)3-9(14)11(10)15-12(17)19/h2-4H,5H2,1H3,(H,15,19). The highest BCUT2D eigenvalue weighted by Gasteiger charge is 2.12. The Balaban J connectivity index is 2.18. The number of H-pyrrole nitrogens is 1. The third-order valence-corrected chi connectivity index (χ3v) is 3.12. The highest BCUT2D eigenvalue weighted by Crippen LogP contribution is 2.20. The lowest BCUT2D eigenvalue weighted by atomic mass is 10.3. The van der Waals surface area contributed by atoms with Gasteiger partial charge in [-0.25, -0.2) is 8.78 Å². The highest BCUT2D eigenvalue weighted by molar-refractivity contribution is 7.71. The summed E-state index contributed by atoms with van der Waals surface area (Å²) in [6.45, 7) is 2.06. The number of nitrogens with zero attached hydrogens (tertiary/aromatic N) is 2. The Morgan fingerprint density at radius 2 is 2.16 bits per heavy atom. The maximum Gasteiger partial charge on any atom is 0.178 e. The first-order valence-electron chi connectivity index (χ1n) is 5.54. The Kier molecular flexibility index (Phi) is 2.70. The van der Waals surface area contributed by atoms with Gasteiger partial charge in [0.1, 0.15) is 22.8 Å². The van der Waals surface area contributed by atoms with Crippen molar-refractivity contribution in [2.24, 2.45) is 0 Å². The van der Waals surface area contributed by atoms with Gasteiger partial charge in [0.25, 0.3) is 0 Å². The zero-order chi connectivity index (χ0) is 13.6. The third kappa shape index (κ3) is 2.06. The van der Waals surface area contributed by atoms with Crippen LogP contribution >= 0.6 is 12.2 Å². The first-order valence-corrected chi connectivity index (χ1v) is 5.95. The fourth-order valence-corrected chi connectivity index (χ4v) is 2.26. The molecule has 0 spiro atoms. The molecule has 1 N–H and O–H groups in total. The molecule has 0 unspecified atom stereocenters. The normalized spacial score (nSPS) is 11.3. The van der Waals surface area contributed by atoms with Gasteiger partial charge in [0, 0.05) is 12.1 Å². The summed E-state index contributed by atoms with van der Waals surface area (Å²) in [5.74, 6) is -0.654. The zero-order valence-corrected chi connectivity index (χ0v) is 10.7. The minimum absolute atomic E-state index is 0.187. The second kappa shape index (κ2) is 4.27. The van der Waals surface area contributed by atoms with E-state index in [2.05, 4.69) is 10.1 Å². The number of benzene rings is 1. The summed E-state index contributed by atoms with van der Waals surface area (Å²) >= 11 is 5.12. The molecule has 3 rings (SSSR count). The van der Waals surface area contributed by atoms with Crippen LogP contribution in [0.25, 0.3) is 11.0 Å². The van der Waals surface area contributed by atoms with E-state index in [1.165, 1.54) is 6.07 Å². The number of fused-ring (bicyclic) bond motifs is 1. The molecule has 0 aliphatic heterocycles. The summed E-state index contributed by atoms with van der Waals surface area (Å²) < 4.78 is 33.8. The van der Waals surface area contributed by atoms with E-state index in [4.69, 9.17) is 16.7 Å². The average Bonchev–Trinajstić information content (AvgIpc) is 2.87. The lowest BCUT2D eigenvalue weighted by molar-refractivity contribution is 0.389. The highest BCUT2D eigenvalue weighted by atomic mass is 32.1. The van der Waals surface area contributed by atoms with Gasteiger partial charge in [-0.3, -0.25) is 0 Å². The molecule has 98 valence electrons. The van der Waals surface area contributed by atoms with Gasteiger partial charge in [-0.1, -0.05) is 5.16 Å². The number of aromatic nitrogens is 3. The Morgan fingerprint density at radius 3 is 2.84 bits per heavy atom. The molecule has 2 heterocycles. The lowest BCUT2D eigenvalue weighted by Gasteiger charge is -2.01. The second-order valence-corrected chi connectivity index (χ2v) is 4.61. The Morgan fingerprint density at radius 1 is 1.37 bits per heavy atom. The van der Waals surface area contributed by atoms with Crippen molar-refractivity contribution in [3.8, 4) is 0 Å². The second-order valence-electron chi connectivity index (χ2n) is 4.23. The Labute approximate surface area is 111 Å². The van der Waals surface area contributed by atoms with E-state index in [-0.39, 0.29) is 5.52 Å². The molecule has 0 fully saturated rings. The number of rotatable bonds is 2. The van der Waals surface area contributed by atoms with E-state index in [0.717, 1.165) is 6.07 Å². The van der Waals surface area contributed by atoms with Crippen LogP contribution in [-0.4, -0.2) is 14.7 Å². The SMILES string of the molecule is Cc1cc(Cn2c(=S)[nH]c3c(F)cc(F)cc32)no1. The first kappa shape index (κ1) is 12.0. The van der Waals surface area contributed by atoms with Crippen LogP contribution in [0, 0.1) is 23.3 Å². The molecule has 0 amide bonds. The van der Waals surface area contributed by atoms with Gasteiger partial charge in [-0.05, 0) is 25.2 Å². The molecule has 0 saturated heterocycles. The summed E-state index contributed by atoms with van der Waals surface area (Å²) in [6.07, 6.45) is 0. The predicted molar refractivity (Wildman–Crippen MR) is 67.4 cm³/mol. The van der Waals surface area contributed by atoms with Gasteiger partial charge in [0.2, 0.25) is 0 Å². The number of imidazole rings is 1. The number of hydrogen-bond donors (Lipinski definition) is 1. The number of halogens is 2. The molecule has 2 aromatic heterocycles. The summed E-state index contributed by atoms with van der Waals surface area (Å²) in [6, 6.07) is 3.80. The van der Waals surface area contributed by atoms with Gasteiger partial charge >= 0.3 is 0 Å². The van der Waals surface area contributed by atoms with Gasteiger partial charge in [-0.15, -0.1) is 0 Å². The Bertz CT molecular complexity index is 818. The van der Waals surface area contributed by atoms with Crippen molar-refractivity contribution < 1.29 is 13.3 Å². The van der Waals surface area contributed by atoms with E-state index in [9.17, 15) is 8.78 Å². The molecular formula is C12H9F2N3OS. The zero-order valence-electron chi connectivity index (χ0n) is 9.91. The fourth-order valence-electron chi connectivity index (χ4n) is 1.99. The van der Waals surface area contributed by atoms with Gasteiger partial charge < -0.3 is 14.1 Å². The average molecular weight is 281 g/mol. The van der Waals surface area contributed by atoms with Crippen molar-refractivity contribution in [3.63, 3.8) is 0 Å². The molecule has 0 atom stereocenters. The smallest absolute Gasteiger partial charge is 0.178 e. The van der Waals surface area contributed by atoms with Crippen LogP contribution in [-0.2, 0) is 6.54 Å². The van der Waals surface area contributed by atoms with Crippen LogP contribution in [0.1, 0.15) is 11.5 Å². The van der Waals surface area contributed by atoms with Crippen molar-refractivity contribution in [2.45, 2.75) is 13.5 Å². The fraction of sp³-hybridized carbons (Fsp3) is 0.167. The molecule has 3 aromatic rings. The summed E-state index contributed by atoms with van der Waals surface area (Å²) in [7, 11) is 0. The molecule has 4 nitrogen and oxygen atoms in total. The minimum Gasteiger partial charge on any atom is -0.361 e. The molecule has 0 saturated carbocycles. The molecule has 1 aromatic carbocycles. The topological polar surface area (TPSA) is 46.8 Å². The summed E-state index contributed by atoms with van der Waals surface area (Å²) in [5.41, 5.74) is 1.19. The minimum atomic E-state index is -0.670. The molecule has 0 aliphatic rings. The first-order chi connectivity index (χ1) is 9.04. The maximum atomic E-state index is 13.6. The largest absolute Gasteiger partial charge is 0.361 e. The van der Waals surface area contributed by atoms with E-state index >= 15 is 0 Å². The molecule has 0 bridgehead atoms. The number of hydrogen-bond acceptors (Lipinski definition) is 3. The van der Waals surface area contributed by atoms with E-state index in [1.54, 1.807) is 17.6 Å². The van der Waals surface area contributed by atoms with Crippen LogP contribution in [0.2, 0.25) is 0 Å². The van der Waals surface area contributed by atoms with E-state index < -0.39 is 11.6 Å². The van der Waals surface area contributed by atoms with Crippen LogP contribution in [0.4, 0.5) is 8.78 Å². The van der Waals surface area contributed by atoms with E-state index in [0.29, 0.717) is 28.3 Å². The van der Waals surface area contributed by atoms with Crippen molar-refractivity contribution >= 4 is 23.3 Å².